The number of benzene rings is 2. The molecule has 0 unspecified atom stereocenters. The minimum absolute atomic E-state index is 0.383. The summed E-state index contributed by atoms with van der Waals surface area (Å²) in [6.07, 6.45) is 1.71. The van der Waals surface area contributed by atoms with Crippen LogP contribution in [-0.4, -0.2) is 14.5 Å². The van der Waals surface area contributed by atoms with Gasteiger partial charge in [0.1, 0.15) is 24.4 Å². The van der Waals surface area contributed by atoms with Crippen LogP contribution in [0.3, 0.4) is 0 Å². The number of thiophene rings is 1. The van der Waals surface area contributed by atoms with Crippen LogP contribution < -0.4 is 4.74 Å². The van der Waals surface area contributed by atoms with Gasteiger partial charge in [-0.3, -0.25) is 0 Å². The second-order valence-electron chi connectivity index (χ2n) is 6.33. The molecular weight excluding hydrogens is 370 g/mol. The number of fused-ring (bicyclic) bond motifs is 1. The molecule has 0 spiro atoms. The topological polar surface area (TPSA) is 53.1 Å². The predicted molar refractivity (Wildman–Crippen MR) is 109 cm³/mol. The van der Waals surface area contributed by atoms with Gasteiger partial charge in [0.05, 0.1) is 28.1 Å². The van der Waals surface area contributed by atoms with E-state index in [1.165, 1.54) is 0 Å². The van der Waals surface area contributed by atoms with E-state index in [2.05, 4.69) is 15.6 Å². The van der Waals surface area contributed by atoms with E-state index in [1.807, 2.05) is 66.0 Å². The highest BCUT2D eigenvalue weighted by Gasteiger charge is 2.14. The smallest absolute Gasteiger partial charge is 0.236 e. The molecule has 0 aliphatic heterocycles. The Bertz CT molecular complexity index is 1190. The van der Waals surface area contributed by atoms with E-state index in [9.17, 15) is 0 Å². The molecule has 5 nitrogen and oxygen atoms in total. The molecule has 28 heavy (non-hydrogen) atoms. The molecule has 5 aromatic rings. The predicted octanol–water partition coefficient (Wildman–Crippen LogP) is 5.38. The van der Waals surface area contributed by atoms with E-state index < -0.39 is 0 Å². The van der Waals surface area contributed by atoms with Gasteiger partial charge in [0.2, 0.25) is 5.89 Å². The Labute approximate surface area is 165 Å². The highest BCUT2D eigenvalue weighted by molar-refractivity contribution is 7.13. The van der Waals surface area contributed by atoms with Crippen molar-refractivity contribution in [1.29, 1.82) is 0 Å². The molecule has 0 amide bonds. The first kappa shape index (κ1) is 16.8. The molecule has 6 heteroatoms. The van der Waals surface area contributed by atoms with E-state index in [1.54, 1.807) is 17.6 Å². The normalized spacial score (nSPS) is 11.1. The number of oxazole rings is 1. The molecule has 0 fully saturated rings. The number of imidazole rings is 1. The molecule has 3 heterocycles. The van der Waals surface area contributed by atoms with Crippen molar-refractivity contribution in [2.45, 2.75) is 13.2 Å². The average Bonchev–Trinajstić information content (AvgIpc) is 3.48. The summed E-state index contributed by atoms with van der Waals surface area (Å²) in [5.74, 6) is 2.32. The fourth-order valence-electron chi connectivity index (χ4n) is 3.13. The summed E-state index contributed by atoms with van der Waals surface area (Å²) in [7, 11) is 0. The van der Waals surface area contributed by atoms with E-state index in [0.29, 0.717) is 19.0 Å². The lowest BCUT2D eigenvalue weighted by atomic mass is 10.3. The Hall–Kier alpha value is -3.38. The molecule has 0 saturated carbocycles. The van der Waals surface area contributed by atoms with E-state index in [0.717, 1.165) is 33.2 Å². The van der Waals surface area contributed by atoms with Crippen molar-refractivity contribution in [2.75, 3.05) is 0 Å². The van der Waals surface area contributed by atoms with E-state index >= 15 is 0 Å². The van der Waals surface area contributed by atoms with E-state index in [4.69, 9.17) is 14.1 Å². The molecule has 0 atom stereocenters. The van der Waals surface area contributed by atoms with Crippen molar-refractivity contribution in [3.05, 3.63) is 89.9 Å². The van der Waals surface area contributed by atoms with Crippen LogP contribution in [0.25, 0.3) is 21.8 Å². The van der Waals surface area contributed by atoms with Gasteiger partial charge in [0.15, 0.2) is 0 Å². The number of hydrogen-bond acceptors (Lipinski definition) is 5. The number of para-hydroxylation sites is 3. The van der Waals surface area contributed by atoms with Crippen LogP contribution in [0, 0.1) is 0 Å². The van der Waals surface area contributed by atoms with Crippen LogP contribution in [-0.2, 0) is 13.2 Å². The maximum atomic E-state index is 5.94. The van der Waals surface area contributed by atoms with Gasteiger partial charge in [0, 0.05) is 0 Å². The minimum Gasteiger partial charge on any atom is -0.486 e. The van der Waals surface area contributed by atoms with Gasteiger partial charge in [-0.15, -0.1) is 11.3 Å². The zero-order valence-corrected chi connectivity index (χ0v) is 15.8. The summed E-state index contributed by atoms with van der Waals surface area (Å²) in [5, 5.41) is 2.02. The zero-order chi connectivity index (χ0) is 18.8. The first-order valence-electron chi connectivity index (χ1n) is 8.97. The summed E-state index contributed by atoms with van der Waals surface area (Å²) in [6, 6.07) is 21.9. The molecule has 3 aromatic heterocycles. The van der Waals surface area contributed by atoms with Crippen molar-refractivity contribution in [3.63, 3.8) is 0 Å². The fraction of sp³-hybridized carbons (Fsp3) is 0.0909. The molecule has 0 radical (unpaired) electrons. The monoisotopic (exact) mass is 387 g/mol. The van der Waals surface area contributed by atoms with Gasteiger partial charge in [-0.25, -0.2) is 9.97 Å². The molecular formula is C22H17N3O2S. The van der Waals surface area contributed by atoms with E-state index in [-0.39, 0.29) is 0 Å². The summed E-state index contributed by atoms with van der Waals surface area (Å²) >= 11 is 1.61. The van der Waals surface area contributed by atoms with Crippen LogP contribution in [0.1, 0.15) is 11.5 Å². The van der Waals surface area contributed by atoms with Crippen LogP contribution in [0.4, 0.5) is 0 Å². The van der Waals surface area contributed by atoms with Gasteiger partial charge in [-0.2, -0.15) is 0 Å². The number of hydrogen-bond donors (Lipinski definition) is 0. The summed E-state index contributed by atoms with van der Waals surface area (Å²) in [5.41, 5.74) is 2.85. The lowest BCUT2D eigenvalue weighted by molar-refractivity contribution is 0.291. The van der Waals surface area contributed by atoms with Gasteiger partial charge in [-0.05, 0) is 35.7 Å². The van der Waals surface area contributed by atoms with Crippen LogP contribution in [0.15, 0.2) is 82.8 Å². The van der Waals surface area contributed by atoms with Gasteiger partial charge in [-0.1, -0.05) is 36.4 Å². The number of aromatic nitrogens is 3. The second kappa shape index (κ2) is 7.32. The molecule has 5 rings (SSSR count). The Morgan fingerprint density at radius 1 is 0.929 bits per heavy atom. The van der Waals surface area contributed by atoms with Crippen LogP contribution >= 0.6 is 11.3 Å². The largest absolute Gasteiger partial charge is 0.486 e. The summed E-state index contributed by atoms with van der Waals surface area (Å²) in [4.78, 5) is 10.4. The number of ether oxygens (including phenoxy) is 1. The Kier molecular flexibility index (Phi) is 4.39. The first-order chi connectivity index (χ1) is 13.9. The minimum atomic E-state index is 0.383. The SMILES string of the molecule is c1ccc(OCc2nc3ccccc3n2Cc2coc(-c3cccs3)n2)cc1. The lowest BCUT2D eigenvalue weighted by Gasteiger charge is -2.09. The quantitative estimate of drug-likeness (QED) is 0.392. The van der Waals surface area contributed by atoms with Crippen molar-refractivity contribution < 1.29 is 9.15 Å². The maximum absolute atomic E-state index is 5.94. The highest BCUT2D eigenvalue weighted by Crippen LogP contribution is 2.25. The number of nitrogens with zero attached hydrogens (tertiary/aromatic N) is 3. The Morgan fingerprint density at radius 3 is 2.64 bits per heavy atom. The molecule has 138 valence electrons. The molecule has 2 aromatic carbocycles. The standard InChI is InChI=1S/C22H17N3O2S/c1-2-7-17(8-3-1)26-15-21-24-18-9-4-5-10-19(18)25(21)13-16-14-27-22(23-16)20-11-6-12-28-20/h1-12,14H,13,15H2. The summed E-state index contributed by atoms with van der Waals surface area (Å²) in [6.45, 7) is 0.956. The van der Waals surface area contributed by atoms with Crippen LogP contribution in [0.5, 0.6) is 5.75 Å². The lowest BCUT2D eigenvalue weighted by Crippen LogP contribution is -2.08. The molecule has 0 aliphatic carbocycles. The molecule has 0 aliphatic rings. The fourth-order valence-corrected chi connectivity index (χ4v) is 3.79. The molecule has 0 N–H and O–H groups in total. The second-order valence-corrected chi connectivity index (χ2v) is 7.27. The molecule has 0 bridgehead atoms. The van der Waals surface area contributed by atoms with Crippen molar-refractivity contribution in [2.24, 2.45) is 0 Å². The Morgan fingerprint density at radius 2 is 1.79 bits per heavy atom. The summed E-state index contributed by atoms with van der Waals surface area (Å²) < 4.78 is 13.7. The first-order valence-corrected chi connectivity index (χ1v) is 9.85. The average molecular weight is 387 g/mol. The van der Waals surface area contributed by atoms with Crippen LogP contribution in [0.2, 0.25) is 0 Å². The van der Waals surface area contributed by atoms with Gasteiger partial charge in [0.25, 0.3) is 0 Å². The van der Waals surface area contributed by atoms with Crippen molar-refractivity contribution in [3.8, 4) is 16.5 Å². The van der Waals surface area contributed by atoms with Crippen molar-refractivity contribution >= 4 is 22.4 Å². The van der Waals surface area contributed by atoms with Gasteiger partial charge >= 0.3 is 0 Å². The third-order valence-corrected chi connectivity index (χ3v) is 5.31. The van der Waals surface area contributed by atoms with Crippen molar-refractivity contribution in [1.82, 2.24) is 14.5 Å². The zero-order valence-electron chi connectivity index (χ0n) is 15.0. The number of rotatable bonds is 6. The third kappa shape index (κ3) is 3.30. The third-order valence-electron chi connectivity index (χ3n) is 4.45. The van der Waals surface area contributed by atoms with Gasteiger partial charge < -0.3 is 13.7 Å². The highest BCUT2D eigenvalue weighted by atomic mass is 32.1. The maximum Gasteiger partial charge on any atom is 0.236 e. The molecule has 0 saturated heterocycles. The Balaban J connectivity index is 1.45.